The van der Waals surface area contributed by atoms with E-state index in [9.17, 15) is 19.3 Å². The number of halogens is 1. The number of nitro groups is 1. The Bertz CT molecular complexity index is 511. The second-order valence-corrected chi connectivity index (χ2v) is 3.51. The normalized spacial score (nSPS) is 11.2. The van der Waals surface area contributed by atoms with Gasteiger partial charge in [-0.2, -0.15) is 0 Å². The average molecular weight is 253 g/mol. The maximum absolute atomic E-state index is 13.4. The summed E-state index contributed by atoms with van der Waals surface area (Å²) in [5.74, 6) is -1.22. The minimum absolute atomic E-state index is 0.0187. The van der Waals surface area contributed by atoms with E-state index in [0.29, 0.717) is 0 Å². The molecule has 0 aromatic heterocycles. The molecular weight excluding hydrogens is 241 g/mol. The Kier molecular flexibility index (Phi) is 4.53. The monoisotopic (exact) mass is 253 g/mol. The van der Waals surface area contributed by atoms with E-state index in [1.54, 1.807) is 6.92 Å². The van der Waals surface area contributed by atoms with Crippen molar-refractivity contribution in [3.63, 3.8) is 0 Å². The lowest BCUT2D eigenvalue weighted by Crippen LogP contribution is -2.05. The molecule has 0 radical (unpaired) electrons. The molecule has 18 heavy (non-hydrogen) atoms. The number of rotatable bonds is 4. The smallest absolute Gasteiger partial charge is 0.333 e. The molecule has 96 valence electrons. The zero-order valence-corrected chi connectivity index (χ0v) is 9.97. The summed E-state index contributed by atoms with van der Waals surface area (Å²) in [5.41, 5.74) is -0.0784. The van der Waals surface area contributed by atoms with Crippen LogP contribution in [0.1, 0.15) is 19.4 Å². The molecule has 1 rings (SSSR count). The maximum Gasteiger partial charge on any atom is 0.333 e. The first-order chi connectivity index (χ1) is 8.45. The average Bonchev–Trinajstić information content (AvgIpc) is 2.31. The lowest BCUT2D eigenvalue weighted by molar-refractivity contribution is -0.384. The molecule has 0 heterocycles. The largest absolute Gasteiger partial charge is 0.463 e. The van der Waals surface area contributed by atoms with Crippen molar-refractivity contribution < 1.29 is 18.8 Å². The van der Waals surface area contributed by atoms with Crippen molar-refractivity contribution in [2.24, 2.45) is 0 Å². The molecule has 0 aliphatic carbocycles. The Labute approximate surface area is 103 Å². The molecule has 0 unspecified atom stereocenters. The van der Waals surface area contributed by atoms with Crippen LogP contribution in [0.25, 0.3) is 6.08 Å². The fraction of sp³-hybridized carbons (Fsp3) is 0.250. The molecule has 1 aromatic rings. The van der Waals surface area contributed by atoms with Gasteiger partial charge in [0, 0.05) is 23.3 Å². The molecule has 0 atom stereocenters. The summed E-state index contributed by atoms with van der Waals surface area (Å²) in [6.45, 7) is 3.32. The summed E-state index contributed by atoms with van der Waals surface area (Å²) in [5, 5.41) is 10.6. The van der Waals surface area contributed by atoms with Crippen LogP contribution in [0.15, 0.2) is 23.8 Å². The molecule has 1 aromatic carbocycles. The second kappa shape index (κ2) is 5.90. The molecule has 0 saturated heterocycles. The van der Waals surface area contributed by atoms with Gasteiger partial charge in [-0.25, -0.2) is 9.18 Å². The SMILES string of the molecule is CCOC(=O)/C(C)=C/c1cc([N+](=O)[O-])ccc1F. The molecule has 0 N–H and O–H groups in total. The van der Waals surface area contributed by atoms with Gasteiger partial charge in [-0.1, -0.05) is 0 Å². The van der Waals surface area contributed by atoms with Crippen LogP contribution in [0, 0.1) is 15.9 Å². The summed E-state index contributed by atoms with van der Waals surface area (Å²) in [6.07, 6.45) is 1.22. The number of carbonyl (C=O) groups is 1. The van der Waals surface area contributed by atoms with Gasteiger partial charge in [-0.3, -0.25) is 10.1 Å². The van der Waals surface area contributed by atoms with Crippen LogP contribution in [0.2, 0.25) is 0 Å². The van der Waals surface area contributed by atoms with E-state index in [0.717, 1.165) is 18.2 Å². The van der Waals surface area contributed by atoms with Crippen molar-refractivity contribution in [1.29, 1.82) is 0 Å². The lowest BCUT2D eigenvalue weighted by atomic mass is 10.1. The van der Waals surface area contributed by atoms with Crippen molar-refractivity contribution in [3.05, 3.63) is 45.3 Å². The van der Waals surface area contributed by atoms with Gasteiger partial charge in [0.05, 0.1) is 11.5 Å². The van der Waals surface area contributed by atoms with E-state index in [4.69, 9.17) is 4.74 Å². The number of hydrogen-bond donors (Lipinski definition) is 0. The van der Waals surface area contributed by atoms with Crippen molar-refractivity contribution in [2.75, 3.05) is 6.61 Å². The molecular formula is C12H12FNO4. The summed E-state index contributed by atoms with van der Waals surface area (Å²) in [7, 11) is 0. The van der Waals surface area contributed by atoms with E-state index in [-0.39, 0.29) is 23.4 Å². The van der Waals surface area contributed by atoms with E-state index >= 15 is 0 Å². The van der Waals surface area contributed by atoms with Gasteiger partial charge >= 0.3 is 5.97 Å². The quantitative estimate of drug-likeness (QED) is 0.358. The third-order valence-corrected chi connectivity index (χ3v) is 2.16. The molecule has 0 spiro atoms. The minimum Gasteiger partial charge on any atom is -0.463 e. The Morgan fingerprint density at radius 1 is 1.56 bits per heavy atom. The highest BCUT2D eigenvalue weighted by molar-refractivity contribution is 5.93. The molecule has 0 bridgehead atoms. The summed E-state index contributed by atoms with van der Waals surface area (Å²) >= 11 is 0. The van der Waals surface area contributed by atoms with E-state index in [2.05, 4.69) is 0 Å². The predicted molar refractivity (Wildman–Crippen MR) is 63.3 cm³/mol. The van der Waals surface area contributed by atoms with Crippen molar-refractivity contribution >= 4 is 17.7 Å². The van der Waals surface area contributed by atoms with Gasteiger partial charge in [0.2, 0.25) is 0 Å². The van der Waals surface area contributed by atoms with Crippen LogP contribution in [-0.4, -0.2) is 17.5 Å². The third-order valence-electron chi connectivity index (χ3n) is 2.16. The number of ether oxygens (including phenoxy) is 1. The number of hydrogen-bond acceptors (Lipinski definition) is 4. The van der Waals surface area contributed by atoms with Gasteiger partial charge in [0.1, 0.15) is 5.82 Å². The first kappa shape index (κ1) is 13.8. The zero-order chi connectivity index (χ0) is 13.7. The molecule has 5 nitrogen and oxygen atoms in total. The summed E-state index contributed by atoms with van der Waals surface area (Å²) < 4.78 is 18.2. The lowest BCUT2D eigenvalue weighted by Gasteiger charge is -2.02. The topological polar surface area (TPSA) is 69.4 Å². The maximum atomic E-state index is 13.4. The molecule has 0 amide bonds. The highest BCUT2D eigenvalue weighted by Crippen LogP contribution is 2.19. The van der Waals surface area contributed by atoms with Gasteiger partial charge in [0.25, 0.3) is 5.69 Å². The zero-order valence-electron chi connectivity index (χ0n) is 9.97. The highest BCUT2D eigenvalue weighted by atomic mass is 19.1. The van der Waals surface area contributed by atoms with E-state index in [1.807, 2.05) is 0 Å². The first-order valence-corrected chi connectivity index (χ1v) is 5.25. The number of carbonyl (C=O) groups excluding carboxylic acids is 1. The van der Waals surface area contributed by atoms with Gasteiger partial charge < -0.3 is 4.74 Å². The molecule has 0 saturated carbocycles. The van der Waals surface area contributed by atoms with Crippen LogP contribution in [0.4, 0.5) is 10.1 Å². The number of non-ortho nitro benzene ring substituents is 1. The van der Waals surface area contributed by atoms with Crippen LogP contribution in [0.3, 0.4) is 0 Å². The van der Waals surface area contributed by atoms with Crippen molar-refractivity contribution in [1.82, 2.24) is 0 Å². The molecule has 6 heteroatoms. The summed E-state index contributed by atoms with van der Waals surface area (Å²) in [4.78, 5) is 21.3. The number of nitro benzene ring substituents is 1. The number of esters is 1. The second-order valence-electron chi connectivity index (χ2n) is 3.51. The Morgan fingerprint density at radius 2 is 2.22 bits per heavy atom. The van der Waals surface area contributed by atoms with Crippen molar-refractivity contribution in [2.45, 2.75) is 13.8 Å². The van der Waals surface area contributed by atoms with Gasteiger partial charge in [-0.05, 0) is 26.0 Å². The van der Waals surface area contributed by atoms with Gasteiger partial charge in [-0.15, -0.1) is 0 Å². The first-order valence-electron chi connectivity index (χ1n) is 5.25. The highest BCUT2D eigenvalue weighted by Gasteiger charge is 2.11. The summed E-state index contributed by atoms with van der Waals surface area (Å²) in [6, 6.07) is 3.12. The van der Waals surface area contributed by atoms with Crippen LogP contribution in [0.5, 0.6) is 0 Å². The third kappa shape index (κ3) is 3.38. The minimum atomic E-state index is -0.635. The van der Waals surface area contributed by atoms with E-state index < -0.39 is 16.7 Å². The van der Waals surface area contributed by atoms with E-state index in [1.165, 1.54) is 13.0 Å². The number of nitrogens with zero attached hydrogens (tertiary/aromatic N) is 1. The van der Waals surface area contributed by atoms with Crippen LogP contribution in [-0.2, 0) is 9.53 Å². The molecule has 0 aliphatic heterocycles. The standard InChI is InChI=1S/C12H12FNO4/c1-3-18-12(15)8(2)6-9-7-10(14(16)17)4-5-11(9)13/h4-7H,3H2,1-2H3/b8-6+. The number of benzene rings is 1. The Morgan fingerprint density at radius 3 is 2.78 bits per heavy atom. The molecule has 0 aliphatic rings. The van der Waals surface area contributed by atoms with Gasteiger partial charge in [0.15, 0.2) is 0 Å². The Balaban J connectivity index is 3.09. The van der Waals surface area contributed by atoms with Crippen LogP contribution >= 0.6 is 0 Å². The predicted octanol–water partition coefficient (Wildman–Crippen LogP) is 2.70. The van der Waals surface area contributed by atoms with Crippen LogP contribution < -0.4 is 0 Å². The molecule has 0 fully saturated rings. The van der Waals surface area contributed by atoms with Crippen molar-refractivity contribution in [3.8, 4) is 0 Å². The fourth-order valence-electron chi connectivity index (χ4n) is 1.29. The Hall–Kier alpha value is -2.24. The fourth-order valence-corrected chi connectivity index (χ4v) is 1.29.